The lowest BCUT2D eigenvalue weighted by molar-refractivity contribution is 0.354. The third kappa shape index (κ3) is 2.96. The van der Waals surface area contributed by atoms with Crippen LogP contribution in [0, 0.1) is 13.1 Å². The summed E-state index contributed by atoms with van der Waals surface area (Å²) in [5.41, 5.74) is 4.59. The Bertz CT molecular complexity index is 1130. The van der Waals surface area contributed by atoms with Gasteiger partial charge in [-0.25, -0.2) is 9.67 Å². The molecule has 0 amide bonds. The number of pyridine rings is 1. The number of halogens is 1. The van der Waals surface area contributed by atoms with Gasteiger partial charge in [0, 0.05) is 6.20 Å². The van der Waals surface area contributed by atoms with E-state index in [4.69, 9.17) is 4.42 Å². The average molecular weight is 379 g/mol. The highest BCUT2D eigenvalue weighted by Crippen LogP contribution is 2.34. The number of aromatic nitrogens is 5. The van der Waals surface area contributed by atoms with Crippen LogP contribution in [0.1, 0.15) is 56.5 Å². The van der Waals surface area contributed by atoms with Gasteiger partial charge in [-0.05, 0) is 29.9 Å². The van der Waals surface area contributed by atoms with Gasteiger partial charge in [0.15, 0.2) is 11.4 Å². The fourth-order valence-corrected chi connectivity index (χ4v) is 3.49. The Hall–Kier alpha value is -3.09. The van der Waals surface area contributed by atoms with Crippen LogP contribution in [0.5, 0.6) is 0 Å². The van der Waals surface area contributed by atoms with Gasteiger partial charge < -0.3 is 4.42 Å². The van der Waals surface area contributed by atoms with E-state index in [1.165, 1.54) is 17.3 Å². The van der Waals surface area contributed by atoms with Crippen LogP contribution < -0.4 is 0 Å². The summed E-state index contributed by atoms with van der Waals surface area (Å²) < 4.78 is 20.5. The molecule has 3 aromatic heterocycles. The Kier molecular flexibility index (Phi) is 4.45. The third-order valence-corrected chi connectivity index (χ3v) is 4.79. The molecule has 0 fully saturated rings. The number of hydrogen-bond donors (Lipinski definition) is 0. The summed E-state index contributed by atoms with van der Waals surface area (Å²) in [6, 6.07) is 6.30. The van der Waals surface area contributed by atoms with E-state index < -0.39 is 6.14 Å². The van der Waals surface area contributed by atoms with Gasteiger partial charge in [-0.1, -0.05) is 45.9 Å². The van der Waals surface area contributed by atoms with Crippen LogP contribution in [-0.2, 0) is 0 Å². The van der Waals surface area contributed by atoms with E-state index in [-0.39, 0.29) is 5.58 Å². The lowest BCUT2D eigenvalue weighted by Gasteiger charge is -2.20. The van der Waals surface area contributed by atoms with Crippen LogP contribution in [0.4, 0.5) is 4.39 Å². The van der Waals surface area contributed by atoms with Crippen LogP contribution in [0.15, 0.2) is 35.0 Å². The van der Waals surface area contributed by atoms with Crippen molar-refractivity contribution in [3.8, 4) is 17.1 Å². The fourth-order valence-electron chi connectivity index (χ4n) is 3.49. The largest absolute Gasteiger partial charge is 0.413 e. The SMILES string of the molecule is Cc1nc(-c2cncc3oc(F)nc23)n(-c2c(C(C)C)cccc2C(C)C)n1. The standard InChI is InChI=1S/C21H22FN5O/c1-11(2)14-7-6-8-15(12(3)4)19(14)27-20(24-13(5)26-27)16-9-23-10-17-18(16)25-21(22)28-17/h6-12H,1-5H3. The van der Waals surface area contributed by atoms with Crippen molar-refractivity contribution >= 4 is 11.1 Å². The second-order valence-corrected chi connectivity index (χ2v) is 7.49. The van der Waals surface area contributed by atoms with Crippen LogP contribution >= 0.6 is 0 Å². The zero-order chi connectivity index (χ0) is 20.0. The molecule has 7 heteroatoms. The molecule has 0 spiro atoms. The first-order valence-corrected chi connectivity index (χ1v) is 9.34. The fraction of sp³-hybridized carbons (Fsp3) is 0.333. The molecule has 0 aliphatic rings. The Labute approximate surface area is 162 Å². The van der Waals surface area contributed by atoms with Gasteiger partial charge in [0.25, 0.3) is 0 Å². The smallest absolute Gasteiger partial charge is 0.382 e. The highest BCUT2D eigenvalue weighted by molar-refractivity contribution is 5.87. The topological polar surface area (TPSA) is 69.6 Å². The second kappa shape index (κ2) is 6.82. The maximum Gasteiger partial charge on any atom is 0.382 e. The molecule has 0 saturated heterocycles. The first kappa shape index (κ1) is 18.3. The van der Waals surface area contributed by atoms with Crippen LogP contribution in [-0.4, -0.2) is 24.7 Å². The quantitative estimate of drug-likeness (QED) is 0.489. The predicted molar refractivity (Wildman–Crippen MR) is 105 cm³/mol. The number of oxazole rings is 1. The number of aryl methyl sites for hydroxylation is 1. The summed E-state index contributed by atoms with van der Waals surface area (Å²) >= 11 is 0. The van der Waals surface area contributed by atoms with Gasteiger partial charge in [0.2, 0.25) is 0 Å². The number of para-hydroxylation sites is 1. The average Bonchev–Trinajstić information content (AvgIpc) is 3.22. The zero-order valence-corrected chi connectivity index (χ0v) is 16.6. The summed E-state index contributed by atoms with van der Waals surface area (Å²) in [6.45, 7) is 10.5. The molecule has 3 heterocycles. The van der Waals surface area contributed by atoms with Gasteiger partial charge in [-0.2, -0.15) is 10.1 Å². The van der Waals surface area contributed by atoms with Crippen LogP contribution in [0.2, 0.25) is 0 Å². The van der Waals surface area contributed by atoms with Crippen LogP contribution in [0.25, 0.3) is 28.2 Å². The summed E-state index contributed by atoms with van der Waals surface area (Å²) in [7, 11) is 0. The third-order valence-electron chi connectivity index (χ3n) is 4.79. The predicted octanol–water partition coefficient (Wildman–Crippen LogP) is 5.16. The molecule has 0 atom stereocenters. The van der Waals surface area contributed by atoms with Crippen molar-refractivity contribution in [2.45, 2.75) is 46.5 Å². The second-order valence-electron chi connectivity index (χ2n) is 7.49. The minimum atomic E-state index is -0.891. The van der Waals surface area contributed by atoms with Gasteiger partial charge >= 0.3 is 6.14 Å². The van der Waals surface area contributed by atoms with Crippen molar-refractivity contribution in [1.82, 2.24) is 24.7 Å². The highest BCUT2D eigenvalue weighted by Gasteiger charge is 2.23. The van der Waals surface area contributed by atoms with Gasteiger partial charge in [-0.3, -0.25) is 4.98 Å². The van der Waals surface area contributed by atoms with Crippen molar-refractivity contribution in [2.24, 2.45) is 0 Å². The molecule has 0 saturated carbocycles. The molecular formula is C21H22FN5O. The van der Waals surface area contributed by atoms with Gasteiger partial charge in [0.1, 0.15) is 11.3 Å². The Balaban J connectivity index is 2.05. The number of rotatable bonds is 4. The van der Waals surface area contributed by atoms with Gasteiger partial charge in [-0.15, -0.1) is 4.39 Å². The van der Waals surface area contributed by atoms with Gasteiger partial charge in [0.05, 0.1) is 17.4 Å². The van der Waals surface area contributed by atoms with Crippen molar-refractivity contribution in [3.05, 3.63) is 53.7 Å². The molecule has 0 aliphatic carbocycles. The maximum absolute atomic E-state index is 13.6. The molecule has 0 bridgehead atoms. The highest BCUT2D eigenvalue weighted by atomic mass is 19.1. The van der Waals surface area contributed by atoms with Crippen molar-refractivity contribution in [3.63, 3.8) is 0 Å². The number of fused-ring (bicyclic) bond motifs is 1. The van der Waals surface area contributed by atoms with E-state index in [1.54, 1.807) is 6.20 Å². The van der Waals surface area contributed by atoms with E-state index >= 15 is 0 Å². The monoisotopic (exact) mass is 379 g/mol. The Morgan fingerprint density at radius 3 is 2.32 bits per heavy atom. The summed E-state index contributed by atoms with van der Waals surface area (Å²) in [6.07, 6.45) is 2.18. The molecule has 0 aliphatic heterocycles. The molecule has 0 radical (unpaired) electrons. The number of hydrogen-bond acceptors (Lipinski definition) is 5. The maximum atomic E-state index is 13.6. The van der Waals surface area contributed by atoms with E-state index in [0.29, 0.717) is 34.6 Å². The first-order chi connectivity index (χ1) is 13.4. The molecule has 1 aromatic carbocycles. The Morgan fingerprint density at radius 2 is 1.68 bits per heavy atom. The number of benzene rings is 1. The molecule has 0 N–H and O–H groups in total. The molecule has 6 nitrogen and oxygen atoms in total. The lowest BCUT2D eigenvalue weighted by atomic mass is 9.92. The van der Waals surface area contributed by atoms with E-state index in [9.17, 15) is 4.39 Å². The molecule has 4 rings (SSSR count). The first-order valence-electron chi connectivity index (χ1n) is 9.34. The minimum absolute atomic E-state index is 0.281. The van der Waals surface area contributed by atoms with Crippen molar-refractivity contribution in [2.75, 3.05) is 0 Å². The summed E-state index contributed by atoms with van der Waals surface area (Å²) in [5.74, 6) is 1.78. The zero-order valence-electron chi connectivity index (χ0n) is 16.6. The normalized spacial score (nSPS) is 11.9. The minimum Gasteiger partial charge on any atom is -0.413 e. The van der Waals surface area contributed by atoms with E-state index in [0.717, 1.165) is 5.69 Å². The molecule has 4 aromatic rings. The summed E-state index contributed by atoms with van der Waals surface area (Å²) in [4.78, 5) is 12.7. The molecule has 144 valence electrons. The Morgan fingerprint density at radius 1 is 1.00 bits per heavy atom. The summed E-state index contributed by atoms with van der Waals surface area (Å²) in [5, 5.41) is 4.68. The number of nitrogens with zero attached hydrogens (tertiary/aromatic N) is 5. The van der Waals surface area contributed by atoms with Crippen molar-refractivity contribution in [1.29, 1.82) is 0 Å². The lowest BCUT2D eigenvalue weighted by Crippen LogP contribution is -2.10. The molecular weight excluding hydrogens is 357 g/mol. The molecule has 0 unspecified atom stereocenters. The van der Waals surface area contributed by atoms with E-state index in [1.807, 2.05) is 11.6 Å². The van der Waals surface area contributed by atoms with Crippen molar-refractivity contribution < 1.29 is 8.81 Å². The van der Waals surface area contributed by atoms with E-state index in [2.05, 4.69) is 65.9 Å². The molecule has 28 heavy (non-hydrogen) atoms. The van der Waals surface area contributed by atoms with Crippen LogP contribution in [0.3, 0.4) is 0 Å².